The highest BCUT2D eigenvalue weighted by atomic mass is 35.5. The highest BCUT2D eigenvalue weighted by Crippen LogP contribution is 2.38. The monoisotopic (exact) mass is 348 g/mol. The Morgan fingerprint density at radius 1 is 0.850 bits per heavy atom. The molecule has 0 aromatic heterocycles. The molecule has 0 saturated heterocycles. The van der Waals surface area contributed by atoms with Gasteiger partial charge in [-0.25, -0.2) is 0 Å². The van der Waals surface area contributed by atoms with E-state index in [-0.39, 0.29) is 5.78 Å². The van der Waals surface area contributed by atoms with Crippen LogP contribution in [0.3, 0.4) is 0 Å². The number of hydrogen-bond donors (Lipinski definition) is 0. The molecule has 0 aliphatic heterocycles. The zero-order valence-corrected chi connectivity index (χ0v) is 13.2. The molecule has 20 heavy (non-hydrogen) atoms. The predicted molar refractivity (Wildman–Crippen MR) is 83.0 cm³/mol. The van der Waals surface area contributed by atoms with Crippen LogP contribution in [0.15, 0.2) is 30.3 Å². The van der Waals surface area contributed by atoms with Gasteiger partial charge in [0.05, 0.1) is 20.1 Å². The summed E-state index contributed by atoms with van der Waals surface area (Å²) in [6.45, 7) is 1.46. The van der Waals surface area contributed by atoms with Crippen molar-refractivity contribution in [3.8, 4) is 11.5 Å². The Morgan fingerprint density at radius 2 is 1.45 bits per heavy atom. The molecule has 0 amide bonds. The first-order valence-corrected chi connectivity index (χ1v) is 7.02. The maximum Gasteiger partial charge on any atom is 0.159 e. The lowest BCUT2D eigenvalue weighted by molar-refractivity contribution is 0.101. The summed E-state index contributed by atoms with van der Waals surface area (Å²) in [5, 5.41) is 1.27. The van der Waals surface area contributed by atoms with E-state index in [1.807, 2.05) is 0 Å². The fourth-order valence-electron chi connectivity index (χ4n) is 1.50. The Kier molecular flexibility index (Phi) is 4.82. The van der Waals surface area contributed by atoms with Gasteiger partial charge >= 0.3 is 0 Å². The van der Waals surface area contributed by atoms with E-state index in [9.17, 15) is 4.79 Å². The van der Waals surface area contributed by atoms with Crippen LogP contribution < -0.4 is 4.74 Å². The van der Waals surface area contributed by atoms with E-state index < -0.39 is 0 Å². The van der Waals surface area contributed by atoms with E-state index >= 15 is 0 Å². The van der Waals surface area contributed by atoms with Crippen molar-refractivity contribution in [2.45, 2.75) is 6.92 Å². The van der Waals surface area contributed by atoms with Crippen LogP contribution in [0.5, 0.6) is 11.5 Å². The molecular weight excluding hydrogens is 342 g/mol. The van der Waals surface area contributed by atoms with Gasteiger partial charge in [-0.15, -0.1) is 0 Å². The summed E-state index contributed by atoms with van der Waals surface area (Å²) in [6.07, 6.45) is 0. The SMILES string of the molecule is CC(=O)c1ccc(Oc2cc(Cl)c(Cl)cc2Cl)c(Cl)c1. The number of carbonyl (C=O) groups is 1. The van der Waals surface area contributed by atoms with Crippen LogP contribution in [-0.2, 0) is 0 Å². The van der Waals surface area contributed by atoms with Gasteiger partial charge in [0.2, 0.25) is 0 Å². The molecule has 104 valence electrons. The van der Waals surface area contributed by atoms with Crippen molar-refractivity contribution in [1.82, 2.24) is 0 Å². The first-order chi connectivity index (χ1) is 9.38. The van der Waals surface area contributed by atoms with Crippen molar-refractivity contribution < 1.29 is 9.53 Å². The van der Waals surface area contributed by atoms with Crippen molar-refractivity contribution >= 4 is 52.2 Å². The molecule has 2 rings (SSSR count). The lowest BCUT2D eigenvalue weighted by Gasteiger charge is -2.11. The van der Waals surface area contributed by atoms with Gasteiger partial charge in [-0.3, -0.25) is 4.79 Å². The Morgan fingerprint density at radius 3 is 2.05 bits per heavy atom. The van der Waals surface area contributed by atoms with E-state index in [4.69, 9.17) is 51.1 Å². The fourth-order valence-corrected chi connectivity index (χ4v) is 2.30. The molecule has 2 aromatic carbocycles. The van der Waals surface area contributed by atoms with Crippen LogP contribution in [0.25, 0.3) is 0 Å². The van der Waals surface area contributed by atoms with Gasteiger partial charge in [0.25, 0.3) is 0 Å². The standard InChI is InChI=1S/C14H8Cl4O2/c1-7(19)8-2-3-13(11(17)4-8)20-14-6-10(16)9(15)5-12(14)18/h2-6H,1H3. The smallest absolute Gasteiger partial charge is 0.159 e. The number of ether oxygens (including phenoxy) is 1. The van der Waals surface area contributed by atoms with Crippen LogP contribution in [0.4, 0.5) is 0 Å². The van der Waals surface area contributed by atoms with Crippen molar-refractivity contribution in [1.29, 1.82) is 0 Å². The highest BCUT2D eigenvalue weighted by molar-refractivity contribution is 6.43. The third-order valence-electron chi connectivity index (χ3n) is 2.53. The van der Waals surface area contributed by atoms with Crippen LogP contribution in [0.1, 0.15) is 17.3 Å². The van der Waals surface area contributed by atoms with Gasteiger partial charge in [0, 0.05) is 11.6 Å². The number of hydrogen-bond acceptors (Lipinski definition) is 2. The summed E-state index contributed by atoms with van der Waals surface area (Å²) >= 11 is 23.8. The molecule has 0 spiro atoms. The van der Waals surface area contributed by atoms with Crippen molar-refractivity contribution in [2.75, 3.05) is 0 Å². The molecule has 2 aromatic rings. The maximum absolute atomic E-state index is 11.3. The van der Waals surface area contributed by atoms with Crippen molar-refractivity contribution in [2.24, 2.45) is 0 Å². The largest absolute Gasteiger partial charge is 0.454 e. The first kappa shape index (κ1) is 15.5. The third kappa shape index (κ3) is 3.39. The second-order valence-corrected chi connectivity index (χ2v) is 5.63. The lowest BCUT2D eigenvalue weighted by Crippen LogP contribution is -1.93. The summed E-state index contributed by atoms with van der Waals surface area (Å²) in [5.41, 5.74) is 0.502. The van der Waals surface area contributed by atoms with Crippen LogP contribution in [-0.4, -0.2) is 5.78 Å². The number of rotatable bonds is 3. The number of benzene rings is 2. The molecular formula is C14H8Cl4O2. The molecule has 0 bridgehead atoms. The number of carbonyl (C=O) groups excluding carboxylic acids is 1. The molecule has 0 heterocycles. The van der Waals surface area contributed by atoms with E-state index in [0.29, 0.717) is 37.2 Å². The molecule has 0 fully saturated rings. The average Bonchev–Trinajstić information content (AvgIpc) is 2.37. The molecule has 0 unspecified atom stereocenters. The Bertz CT molecular complexity index is 683. The third-order valence-corrected chi connectivity index (χ3v) is 3.85. The Hall–Kier alpha value is -0.930. The summed E-state index contributed by atoms with van der Waals surface area (Å²) in [7, 11) is 0. The molecule has 0 N–H and O–H groups in total. The second-order valence-electron chi connectivity index (χ2n) is 4.00. The first-order valence-electron chi connectivity index (χ1n) is 5.51. The minimum atomic E-state index is -0.0778. The van der Waals surface area contributed by atoms with Gasteiger partial charge in [0.15, 0.2) is 5.78 Å². The Labute approximate surface area is 136 Å². The van der Waals surface area contributed by atoms with Crippen LogP contribution in [0.2, 0.25) is 20.1 Å². The summed E-state index contributed by atoms with van der Waals surface area (Å²) < 4.78 is 5.59. The fraction of sp³-hybridized carbons (Fsp3) is 0.0714. The van der Waals surface area contributed by atoms with Gasteiger partial charge < -0.3 is 4.74 Å². The molecule has 2 nitrogen and oxygen atoms in total. The molecule has 0 atom stereocenters. The van der Waals surface area contributed by atoms with Gasteiger partial charge in [-0.05, 0) is 31.2 Å². The number of Topliss-reactive ketones (excluding diaryl/α,β-unsaturated/α-hetero) is 1. The van der Waals surface area contributed by atoms with Gasteiger partial charge in [-0.2, -0.15) is 0 Å². The van der Waals surface area contributed by atoms with E-state index in [1.54, 1.807) is 12.1 Å². The molecule has 0 radical (unpaired) electrons. The summed E-state index contributed by atoms with van der Waals surface area (Å²) in [4.78, 5) is 11.3. The van der Waals surface area contributed by atoms with E-state index in [0.717, 1.165) is 0 Å². The highest BCUT2D eigenvalue weighted by Gasteiger charge is 2.11. The summed E-state index contributed by atoms with van der Waals surface area (Å²) in [6, 6.07) is 7.73. The molecule has 0 saturated carbocycles. The number of halogens is 4. The second kappa shape index (κ2) is 6.23. The molecule has 6 heteroatoms. The lowest BCUT2D eigenvalue weighted by atomic mass is 10.1. The average molecular weight is 350 g/mol. The summed E-state index contributed by atoms with van der Waals surface area (Å²) in [5.74, 6) is 0.626. The zero-order chi connectivity index (χ0) is 14.9. The number of ketones is 1. The topological polar surface area (TPSA) is 26.3 Å². The molecule has 0 aliphatic carbocycles. The van der Waals surface area contributed by atoms with Crippen molar-refractivity contribution in [3.05, 3.63) is 56.0 Å². The van der Waals surface area contributed by atoms with Crippen molar-refractivity contribution in [3.63, 3.8) is 0 Å². The molecule has 0 aliphatic rings. The van der Waals surface area contributed by atoms with Gasteiger partial charge in [-0.1, -0.05) is 46.4 Å². The predicted octanol–water partition coefficient (Wildman–Crippen LogP) is 6.30. The Balaban J connectivity index is 2.35. The maximum atomic E-state index is 11.3. The normalized spacial score (nSPS) is 10.4. The minimum Gasteiger partial charge on any atom is -0.454 e. The van der Waals surface area contributed by atoms with E-state index in [2.05, 4.69) is 0 Å². The quantitative estimate of drug-likeness (QED) is 0.480. The zero-order valence-electron chi connectivity index (χ0n) is 10.2. The minimum absolute atomic E-state index is 0.0778. The van der Waals surface area contributed by atoms with Crippen LogP contribution >= 0.6 is 46.4 Å². The van der Waals surface area contributed by atoms with Crippen LogP contribution in [0, 0.1) is 0 Å². The van der Waals surface area contributed by atoms with Gasteiger partial charge in [0.1, 0.15) is 11.5 Å². The van der Waals surface area contributed by atoms with E-state index in [1.165, 1.54) is 25.1 Å².